The number of carbonyl (C=O) groups excluding carboxylic acids is 1. The minimum Gasteiger partial charge on any atom is -0.494 e. The van der Waals surface area contributed by atoms with E-state index in [4.69, 9.17) is 4.74 Å². The zero-order chi connectivity index (χ0) is 13.8. The summed E-state index contributed by atoms with van der Waals surface area (Å²) in [5.41, 5.74) is 1.68. The maximum absolute atomic E-state index is 14.0. The molecule has 19 heavy (non-hydrogen) atoms. The van der Waals surface area contributed by atoms with E-state index in [2.05, 4.69) is 4.98 Å². The molecule has 0 amide bonds. The molecule has 4 heteroatoms. The maximum Gasteiger partial charge on any atom is 0.169 e. The van der Waals surface area contributed by atoms with Crippen molar-refractivity contribution in [3.8, 4) is 5.75 Å². The molecule has 0 radical (unpaired) electrons. The molecule has 2 rings (SSSR count). The number of nitrogens with zero attached hydrogens (tertiary/aromatic N) is 1. The summed E-state index contributed by atoms with van der Waals surface area (Å²) < 4.78 is 18.9. The molecule has 0 fully saturated rings. The Morgan fingerprint density at radius 1 is 1.37 bits per heavy atom. The zero-order valence-corrected chi connectivity index (χ0v) is 10.8. The quantitative estimate of drug-likeness (QED) is 0.792. The summed E-state index contributed by atoms with van der Waals surface area (Å²) in [5, 5.41) is 0. The first-order chi connectivity index (χ1) is 9.13. The van der Waals surface area contributed by atoms with Crippen molar-refractivity contribution in [1.29, 1.82) is 0 Å². The van der Waals surface area contributed by atoms with Crippen molar-refractivity contribution in [3.63, 3.8) is 0 Å². The Kier molecular flexibility index (Phi) is 3.90. The lowest BCUT2D eigenvalue weighted by molar-refractivity contribution is 0.0991. The molecule has 0 spiro atoms. The molecule has 0 N–H and O–H groups in total. The molecular formula is C15H14FNO2. The number of methoxy groups -OCH3 is 1. The summed E-state index contributed by atoms with van der Waals surface area (Å²) in [4.78, 5) is 16.1. The number of ketones is 1. The topological polar surface area (TPSA) is 39.2 Å². The second kappa shape index (κ2) is 5.61. The van der Waals surface area contributed by atoms with Gasteiger partial charge in [-0.2, -0.15) is 0 Å². The van der Waals surface area contributed by atoms with Crippen LogP contribution in [0.15, 0.2) is 36.7 Å². The van der Waals surface area contributed by atoms with Crippen LogP contribution in [-0.2, 0) is 6.42 Å². The molecule has 0 saturated heterocycles. The SMILES string of the molecule is COc1cccc(CC(=O)c2cnccc2C)c1F. The average molecular weight is 259 g/mol. The summed E-state index contributed by atoms with van der Waals surface area (Å²) in [5.74, 6) is -0.495. The van der Waals surface area contributed by atoms with Gasteiger partial charge in [0.05, 0.1) is 7.11 Å². The van der Waals surface area contributed by atoms with Gasteiger partial charge in [0.25, 0.3) is 0 Å². The van der Waals surface area contributed by atoms with Gasteiger partial charge in [0.15, 0.2) is 17.3 Å². The van der Waals surface area contributed by atoms with E-state index in [1.54, 1.807) is 24.4 Å². The van der Waals surface area contributed by atoms with Crippen LogP contribution in [0.3, 0.4) is 0 Å². The normalized spacial score (nSPS) is 10.3. The first-order valence-electron chi connectivity index (χ1n) is 5.88. The fourth-order valence-corrected chi connectivity index (χ4v) is 1.87. The average Bonchev–Trinajstić information content (AvgIpc) is 2.41. The van der Waals surface area contributed by atoms with E-state index in [1.165, 1.54) is 19.4 Å². The standard InChI is InChI=1S/C15H14FNO2/c1-10-6-7-17-9-12(10)13(18)8-11-4-3-5-14(19-2)15(11)16/h3-7,9H,8H2,1-2H3. The number of halogens is 1. The van der Waals surface area contributed by atoms with Crippen LogP contribution in [0.2, 0.25) is 0 Å². The predicted molar refractivity (Wildman–Crippen MR) is 70.0 cm³/mol. The maximum atomic E-state index is 14.0. The van der Waals surface area contributed by atoms with E-state index in [0.29, 0.717) is 11.1 Å². The van der Waals surface area contributed by atoms with Crippen LogP contribution < -0.4 is 4.74 Å². The highest BCUT2D eigenvalue weighted by Gasteiger charge is 2.15. The van der Waals surface area contributed by atoms with Gasteiger partial charge in [-0.15, -0.1) is 0 Å². The molecule has 1 aromatic heterocycles. The number of rotatable bonds is 4. The Balaban J connectivity index is 2.27. The fourth-order valence-electron chi connectivity index (χ4n) is 1.87. The van der Waals surface area contributed by atoms with Crippen molar-refractivity contribution in [2.45, 2.75) is 13.3 Å². The van der Waals surface area contributed by atoms with Gasteiger partial charge in [-0.05, 0) is 30.2 Å². The highest BCUT2D eigenvalue weighted by molar-refractivity contribution is 5.98. The summed E-state index contributed by atoms with van der Waals surface area (Å²) in [6.45, 7) is 1.83. The molecule has 98 valence electrons. The molecule has 0 atom stereocenters. The number of Topliss-reactive ketones (excluding diaryl/α,β-unsaturated/α-hetero) is 1. The van der Waals surface area contributed by atoms with E-state index >= 15 is 0 Å². The molecule has 0 aliphatic rings. The largest absolute Gasteiger partial charge is 0.494 e. The molecule has 2 aromatic rings. The third kappa shape index (κ3) is 2.78. The zero-order valence-electron chi connectivity index (χ0n) is 10.8. The Hall–Kier alpha value is -2.23. The monoisotopic (exact) mass is 259 g/mol. The Labute approximate surface area is 111 Å². The van der Waals surface area contributed by atoms with Crippen LogP contribution in [0.25, 0.3) is 0 Å². The summed E-state index contributed by atoms with van der Waals surface area (Å²) in [7, 11) is 1.40. The van der Waals surface area contributed by atoms with Crippen LogP contribution in [0.4, 0.5) is 4.39 Å². The second-order valence-electron chi connectivity index (χ2n) is 4.22. The van der Waals surface area contributed by atoms with E-state index < -0.39 is 5.82 Å². The predicted octanol–water partition coefficient (Wildman–Crippen LogP) is 2.96. The number of carbonyl (C=O) groups is 1. The smallest absolute Gasteiger partial charge is 0.169 e. The number of benzene rings is 1. The molecule has 1 heterocycles. The highest BCUT2D eigenvalue weighted by Crippen LogP contribution is 2.21. The summed E-state index contributed by atoms with van der Waals surface area (Å²) in [6, 6.07) is 6.54. The Morgan fingerprint density at radius 2 is 2.16 bits per heavy atom. The number of ether oxygens (including phenoxy) is 1. The lowest BCUT2D eigenvalue weighted by Crippen LogP contribution is -2.08. The molecule has 0 unspecified atom stereocenters. The van der Waals surface area contributed by atoms with Crippen molar-refractivity contribution in [2.24, 2.45) is 0 Å². The van der Waals surface area contributed by atoms with Crippen LogP contribution in [0.1, 0.15) is 21.5 Å². The number of aryl methyl sites for hydroxylation is 1. The van der Waals surface area contributed by atoms with E-state index in [9.17, 15) is 9.18 Å². The lowest BCUT2D eigenvalue weighted by Gasteiger charge is -2.08. The Bertz CT molecular complexity index is 611. The molecule has 3 nitrogen and oxygen atoms in total. The Morgan fingerprint density at radius 3 is 2.84 bits per heavy atom. The van der Waals surface area contributed by atoms with Gasteiger partial charge in [-0.25, -0.2) is 4.39 Å². The first-order valence-corrected chi connectivity index (χ1v) is 5.88. The van der Waals surface area contributed by atoms with Crippen molar-refractivity contribution in [3.05, 3.63) is 59.2 Å². The van der Waals surface area contributed by atoms with Gasteiger partial charge in [-0.3, -0.25) is 9.78 Å². The lowest BCUT2D eigenvalue weighted by atomic mass is 10.0. The van der Waals surface area contributed by atoms with Gasteiger partial charge < -0.3 is 4.74 Å². The number of hydrogen-bond donors (Lipinski definition) is 0. The van der Waals surface area contributed by atoms with Crippen LogP contribution in [0.5, 0.6) is 5.75 Å². The number of pyridine rings is 1. The minimum atomic E-state index is -0.486. The van der Waals surface area contributed by atoms with Gasteiger partial charge in [-0.1, -0.05) is 12.1 Å². The van der Waals surface area contributed by atoms with E-state index in [-0.39, 0.29) is 18.0 Å². The second-order valence-corrected chi connectivity index (χ2v) is 4.22. The highest BCUT2D eigenvalue weighted by atomic mass is 19.1. The number of hydrogen-bond acceptors (Lipinski definition) is 3. The van der Waals surface area contributed by atoms with Crippen molar-refractivity contribution >= 4 is 5.78 Å². The first kappa shape index (κ1) is 13.2. The van der Waals surface area contributed by atoms with Gasteiger partial charge in [0.1, 0.15) is 0 Å². The van der Waals surface area contributed by atoms with E-state index in [1.807, 2.05) is 6.92 Å². The third-order valence-corrected chi connectivity index (χ3v) is 2.95. The third-order valence-electron chi connectivity index (χ3n) is 2.95. The molecule has 0 saturated carbocycles. The van der Waals surface area contributed by atoms with Crippen molar-refractivity contribution in [1.82, 2.24) is 4.98 Å². The van der Waals surface area contributed by atoms with Gasteiger partial charge >= 0.3 is 0 Å². The number of aromatic nitrogens is 1. The van der Waals surface area contributed by atoms with Crippen molar-refractivity contribution in [2.75, 3.05) is 7.11 Å². The summed E-state index contributed by atoms with van der Waals surface area (Å²) >= 11 is 0. The van der Waals surface area contributed by atoms with Crippen LogP contribution >= 0.6 is 0 Å². The molecule has 0 aliphatic carbocycles. The summed E-state index contributed by atoms with van der Waals surface area (Å²) in [6.07, 6.45) is 3.13. The van der Waals surface area contributed by atoms with Gasteiger partial charge in [0, 0.05) is 24.4 Å². The minimum absolute atomic E-state index is 0.00440. The molecular weight excluding hydrogens is 245 g/mol. The fraction of sp³-hybridized carbons (Fsp3) is 0.200. The van der Waals surface area contributed by atoms with Crippen LogP contribution in [0, 0.1) is 12.7 Å². The van der Waals surface area contributed by atoms with Crippen LogP contribution in [-0.4, -0.2) is 17.9 Å². The molecule has 1 aromatic carbocycles. The van der Waals surface area contributed by atoms with E-state index in [0.717, 1.165) is 5.56 Å². The molecule has 0 bridgehead atoms. The van der Waals surface area contributed by atoms with Gasteiger partial charge in [0.2, 0.25) is 0 Å². The van der Waals surface area contributed by atoms with Crippen molar-refractivity contribution < 1.29 is 13.9 Å². The molecule has 0 aliphatic heterocycles.